The number of hydrogen-bond donors (Lipinski definition) is 1. The van der Waals surface area contributed by atoms with Gasteiger partial charge in [-0.05, 0) is 61.6 Å². The van der Waals surface area contributed by atoms with Crippen LogP contribution in [0.4, 0.5) is 11.5 Å². The topological polar surface area (TPSA) is 77.2 Å². The number of rotatable bonds is 8. The molecule has 0 saturated heterocycles. The molecule has 1 aliphatic rings. The van der Waals surface area contributed by atoms with Gasteiger partial charge in [0.05, 0.1) is 21.7 Å². The number of halogens is 2. The van der Waals surface area contributed by atoms with Gasteiger partial charge < -0.3 is 14.6 Å². The molecule has 6 rings (SSSR count). The monoisotopic (exact) mass is 583 g/mol. The smallest absolute Gasteiger partial charge is 0.309 e. The van der Waals surface area contributed by atoms with Gasteiger partial charge in [-0.15, -0.1) is 0 Å². The highest BCUT2D eigenvalue weighted by Gasteiger charge is 2.32. The van der Waals surface area contributed by atoms with E-state index in [1.807, 2.05) is 92.7 Å². The van der Waals surface area contributed by atoms with Crippen molar-refractivity contribution < 1.29 is 14.1 Å². The standard InChI is InChI=1S/C33H27Cl2N3O3/c1-19-31(37-29-8-4-7-28(36-29)26-5-3-6-27(34)30(26)35)32(41-38-19)24-15-13-23(14-16-24)22-11-9-21(10-12-22)20(2)40-33(39)25-17-18-25/h3-16,20,25H,17-18H2,1-2H3,(H,36,37). The van der Waals surface area contributed by atoms with Crippen molar-refractivity contribution in [2.24, 2.45) is 5.92 Å². The normalized spacial score (nSPS) is 13.6. The predicted molar refractivity (Wildman–Crippen MR) is 162 cm³/mol. The van der Waals surface area contributed by atoms with E-state index in [0.717, 1.165) is 46.3 Å². The van der Waals surface area contributed by atoms with E-state index in [-0.39, 0.29) is 18.0 Å². The number of aryl methyl sites for hydroxylation is 1. The summed E-state index contributed by atoms with van der Waals surface area (Å²) in [6, 6.07) is 27.3. The molecule has 0 spiro atoms. The molecule has 1 saturated carbocycles. The molecule has 2 aromatic heterocycles. The molecule has 1 N–H and O–H groups in total. The summed E-state index contributed by atoms with van der Waals surface area (Å²) in [5.74, 6) is 1.24. The molecule has 1 unspecified atom stereocenters. The molecule has 5 aromatic rings. The van der Waals surface area contributed by atoms with E-state index >= 15 is 0 Å². The number of esters is 1. The Hall–Kier alpha value is -4.13. The number of aromatic nitrogens is 2. The summed E-state index contributed by atoms with van der Waals surface area (Å²) in [5.41, 5.74) is 6.87. The van der Waals surface area contributed by atoms with Crippen LogP contribution in [0.1, 0.15) is 37.1 Å². The van der Waals surface area contributed by atoms with Crippen LogP contribution in [-0.2, 0) is 9.53 Å². The van der Waals surface area contributed by atoms with E-state index in [1.165, 1.54) is 0 Å². The zero-order valence-corrected chi connectivity index (χ0v) is 24.0. The highest BCUT2D eigenvalue weighted by molar-refractivity contribution is 6.43. The molecule has 1 fully saturated rings. The summed E-state index contributed by atoms with van der Waals surface area (Å²) < 4.78 is 11.3. The van der Waals surface area contributed by atoms with Crippen LogP contribution in [0.15, 0.2) is 89.5 Å². The van der Waals surface area contributed by atoms with Gasteiger partial charge in [-0.25, -0.2) is 4.98 Å². The Morgan fingerprint density at radius 2 is 1.59 bits per heavy atom. The van der Waals surface area contributed by atoms with Crippen LogP contribution in [0.25, 0.3) is 33.7 Å². The van der Waals surface area contributed by atoms with Crippen LogP contribution in [0.2, 0.25) is 10.0 Å². The maximum Gasteiger partial charge on any atom is 0.309 e. The zero-order chi connectivity index (χ0) is 28.5. The van der Waals surface area contributed by atoms with E-state index in [2.05, 4.69) is 10.5 Å². The minimum absolute atomic E-state index is 0.0912. The largest absolute Gasteiger partial charge is 0.458 e. The molecule has 0 aliphatic heterocycles. The van der Waals surface area contributed by atoms with Crippen LogP contribution < -0.4 is 5.32 Å². The van der Waals surface area contributed by atoms with Crippen molar-refractivity contribution in [1.29, 1.82) is 0 Å². The van der Waals surface area contributed by atoms with Gasteiger partial charge in [0.2, 0.25) is 0 Å². The number of hydrogen-bond acceptors (Lipinski definition) is 6. The Morgan fingerprint density at radius 3 is 2.29 bits per heavy atom. The van der Waals surface area contributed by atoms with Crippen molar-refractivity contribution >= 4 is 40.7 Å². The minimum Gasteiger partial charge on any atom is -0.458 e. The van der Waals surface area contributed by atoms with Gasteiger partial charge in [0, 0.05) is 11.1 Å². The average molecular weight is 585 g/mol. The summed E-state index contributed by atoms with van der Waals surface area (Å²) in [6.45, 7) is 3.79. The molecule has 0 amide bonds. The fourth-order valence-corrected chi connectivity index (χ4v) is 5.01. The highest BCUT2D eigenvalue weighted by atomic mass is 35.5. The van der Waals surface area contributed by atoms with E-state index in [9.17, 15) is 4.79 Å². The minimum atomic E-state index is -0.266. The lowest BCUT2D eigenvalue weighted by Gasteiger charge is -2.14. The first-order chi connectivity index (χ1) is 19.9. The van der Waals surface area contributed by atoms with E-state index in [4.69, 9.17) is 37.4 Å². The Bertz CT molecular complexity index is 1710. The molecule has 0 radical (unpaired) electrons. The van der Waals surface area contributed by atoms with Crippen molar-refractivity contribution in [3.63, 3.8) is 0 Å². The van der Waals surface area contributed by atoms with Gasteiger partial charge in [-0.3, -0.25) is 4.79 Å². The number of carbonyl (C=O) groups excluding carboxylic acids is 1. The zero-order valence-electron chi connectivity index (χ0n) is 22.5. The Labute approximate surface area is 248 Å². The second kappa shape index (κ2) is 11.4. The Morgan fingerprint density at radius 1 is 0.927 bits per heavy atom. The number of benzene rings is 3. The van der Waals surface area contributed by atoms with E-state index in [1.54, 1.807) is 6.07 Å². The number of anilines is 2. The average Bonchev–Trinajstić information content (AvgIpc) is 3.79. The number of nitrogens with zero attached hydrogens (tertiary/aromatic N) is 2. The molecule has 0 bridgehead atoms. The summed E-state index contributed by atoms with van der Waals surface area (Å²) in [7, 11) is 0. The summed E-state index contributed by atoms with van der Waals surface area (Å²) in [5, 5.41) is 8.51. The number of nitrogens with one attached hydrogen (secondary N) is 1. The molecule has 1 atom stereocenters. The quantitative estimate of drug-likeness (QED) is 0.183. The molecule has 206 valence electrons. The molecule has 2 heterocycles. The fourth-order valence-electron chi connectivity index (χ4n) is 4.62. The molecule has 1 aliphatic carbocycles. The van der Waals surface area contributed by atoms with Gasteiger partial charge in [0.15, 0.2) is 5.76 Å². The molecule has 8 heteroatoms. The lowest BCUT2D eigenvalue weighted by Crippen LogP contribution is -2.10. The van der Waals surface area contributed by atoms with Crippen LogP contribution >= 0.6 is 23.2 Å². The maximum atomic E-state index is 12.0. The Balaban J connectivity index is 1.19. The highest BCUT2D eigenvalue weighted by Crippen LogP contribution is 2.37. The van der Waals surface area contributed by atoms with Crippen molar-refractivity contribution in [3.05, 3.63) is 106 Å². The summed E-state index contributed by atoms with van der Waals surface area (Å²) in [6.07, 6.45) is 1.61. The lowest BCUT2D eigenvalue weighted by molar-refractivity contribution is -0.150. The van der Waals surface area contributed by atoms with Gasteiger partial charge in [-0.2, -0.15) is 0 Å². The van der Waals surface area contributed by atoms with E-state index in [0.29, 0.717) is 33.0 Å². The predicted octanol–water partition coefficient (Wildman–Crippen LogP) is 9.44. The van der Waals surface area contributed by atoms with Crippen LogP contribution in [-0.4, -0.2) is 16.1 Å². The van der Waals surface area contributed by atoms with Gasteiger partial charge in [0.25, 0.3) is 0 Å². The third-order valence-corrected chi connectivity index (χ3v) is 7.98. The van der Waals surface area contributed by atoms with Gasteiger partial charge in [-0.1, -0.05) is 95.1 Å². The molecule has 41 heavy (non-hydrogen) atoms. The third kappa shape index (κ3) is 5.85. The maximum absolute atomic E-state index is 12.0. The van der Waals surface area contributed by atoms with Gasteiger partial charge >= 0.3 is 5.97 Å². The lowest BCUT2D eigenvalue weighted by atomic mass is 10.0. The van der Waals surface area contributed by atoms with Crippen molar-refractivity contribution in [3.8, 4) is 33.7 Å². The number of carbonyl (C=O) groups is 1. The first-order valence-corrected chi connectivity index (χ1v) is 14.2. The summed E-state index contributed by atoms with van der Waals surface area (Å²) in [4.78, 5) is 16.7. The van der Waals surface area contributed by atoms with Crippen LogP contribution in [0.3, 0.4) is 0 Å². The van der Waals surface area contributed by atoms with Crippen LogP contribution in [0, 0.1) is 12.8 Å². The third-order valence-electron chi connectivity index (χ3n) is 7.16. The number of ether oxygens (including phenoxy) is 1. The molecular weight excluding hydrogens is 557 g/mol. The Kier molecular flexibility index (Phi) is 7.52. The first-order valence-electron chi connectivity index (χ1n) is 13.4. The van der Waals surface area contributed by atoms with E-state index < -0.39 is 0 Å². The van der Waals surface area contributed by atoms with Crippen molar-refractivity contribution in [2.75, 3.05) is 5.32 Å². The molecular formula is C33H27Cl2N3O3. The molecule has 3 aromatic carbocycles. The number of pyridine rings is 1. The van der Waals surface area contributed by atoms with Crippen molar-refractivity contribution in [2.45, 2.75) is 32.8 Å². The summed E-state index contributed by atoms with van der Waals surface area (Å²) >= 11 is 12.6. The van der Waals surface area contributed by atoms with Crippen molar-refractivity contribution in [1.82, 2.24) is 10.1 Å². The second-order valence-corrected chi connectivity index (χ2v) is 10.9. The molecule has 6 nitrogen and oxygen atoms in total. The second-order valence-electron chi connectivity index (χ2n) is 10.2. The SMILES string of the molecule is Cc1noc(-c2ccc(-c3ccc(C(C)OC(=O)C4CC4)cc3)cc2)c1Nc1cccc(-c2cccc(Cl)c2Cl)n1. The fraction of sp³-hybridized carbons (Fsp3) is 0.182. The first kappa shape index (κ1) is 27.1. The van der Waals surface area contributed by atoms with Crippen LogP contribution in [0.5, 0.6) is 0 Å². The van der Waals surface area contributed by atoms with Gasteiger partial charge in [0.1, 0.15) is 23.3 Å².